The fourth-order valence-corrected chi connectivity index (χ4v) is 4.41. The third-order valence-electron chi connectivity index (χ3n) is 5.97. The molecule has 31 heavy (non-hydrogen) atoms. The summed E-state index contributed by atoms with van der Waals surface area (Å²) < 4.78 is 25.4. The molecule has 0 atom stereocenters. The number of amides is 1. The van der Waals surface area contributed by atoms with Gasteiger partial charge in [0.05, 0.1) is 10.5 Å². The monoisotopic (exact) mass is 438 g/mol. The van der Waals surface area contributed by atoms with Gasteiger partial charge in [-0.3, -0.25) is 4.79 Å². The van der Waals surface area contributed by atoms with Crippen molar-refractivity contribution < 1.29 is 13.2 Å². The third-order valence-corrected chi connectivity index (χ3v) is 7.10. The lowest BCUT2D eigenvalue weighted by molar-refractivity contribution is 0.102. The Bertz CT molecular complexity index is 1220. The Balaban J connectivity index is 1.97. The van der Waals surface area contributed by atoms with Crippen LogP contribution in [0.1, 0.15) is 54.5 Å². The number of carbonyl (C=O) groups is 1. The van der Waals surface area contributed by atoms with Gasteiger partial charge in [0.15, 0.2) is 9.84 Å². The molecule has 0 aliphatic rings. The molecule has 0 aliphatic carbocycles. The van der Waals surface area contributed by atoms with Crippen molar-refractivity contribution in [1.82, 2.24) is 4.57 Å². The van der Waals surface area contributed by atoms with Gasteiger partial charge in [0, 0.05) is 29.0 Å². The van der Waals surface area contributed by atoms with E-state index in [9.17, 15) is 13.2 Å². The molecule has 0 bridgehead atoms. The number of aromatic nitrogens is 1. The SMILES string of the molecule is CCC(C)(C)c1ccccc1-n1c(C)cc(C(=O)Nc2ccc(S(C)(=O)=O)cc2)c1C. The molecule has 0 spiro atoms. The van der Waals surface area contributed by atoms with Crippen LogP contribution in [0.2, 0.25) is 0 Å². The lowest BCUT2D eigenvalue weighted by atomic mass is 9.81. The molecule has 6 heteroatoms. The molecule has 1 aromatic heterocycles. The molecule has 5 nitrogen and oxygen atoms in total. The minimum atomic E-state index is -3.27. The first kappa shape index (κ1) is 22.8. The first-order valence-corrected chi connectivity index (χ1v) is 12.2. The van der Waals surface area contributed by atoms with Crippen LogP contribution in [0.5, 0.6) is 0 Å². The van der Waals surface area contributed by atoms with Gasteiger partial charge in [0.2, 0.25) is 0 Å². The van der Waals surface area contributed by atoms with E-state index < -0.39 is 9.84 Å². The van der Waals surface area contributed by atoms with E-state index in [0.717, 1.165) is 29.8 Å². The Morgan fingerprint density at radius 3 is 2.23 bits per heavy atom. The van der Waals surface area contributed by atoms with Crippen molar-refractivity contribution in [1.29, 1.82) is 0 Å². The second-order valence-corrected chi connectivity index (χ2v) is 10.6. The molecule has 3 rings (SSSR count). The van der Waals surface area contributed by atoms with E-state index in [2.05, 4.69) is 48.9 Å². The van der Waals surface area contributed by atoms with Gasteiger partial charge < -0.3 is 9.88 Å². The third kappa shape index (κ3) is 4.59. The number of benzene rings is 2. The fourth-order valence-electron chi connectivity index (χ4n) is 3.78. The molecule has 0 saturated carbocycles. The summed E-state index contributed by atoms with van der Waals surface area (Å²) in [5, 5.41) is 2.88. The number of anilines is 1. The van der Waals surface area contributed by atoms with Crippen LogP contribution < -0.4 is 5.32 Å². The van der Waals surface area contributed by atoms with Gasteiger partial charge >= 0.3 is 0 Å². The van der Waals surface area contributed by atoms with E-state index in [1.807, 2.05) is 26.0 Å². The molecule has 1 heterocycles. The van der Waals surface area contributed by atoms with Crippen molar-refractivity contribution >= 4 is 21.4 Å². The normalized spacial score (nSPS) is 12.1. The van der Waals surface area contributed by atoms with Crippen molar-refractivity contribution in [3.8, 4) is 5.69 Å². The van der Waals surface area contributed by atoms with Crippen LogP contribution in [0.4, 0.5) is 5.69 Å². The smallest absolute Gasteiger partial charge is 0.257 e. The average molecular weight is 439 g/mol. The molecule has 1 N–H and O–H groups in total. The first-order chi connectivity index (χ1) is 14.5. The number of aryl methyl sites for hydroxylation is 1. The van der Waals surface area contributed by atoms with Gasteiger partial charge in [-0.25, -0.2) is 8.42 Å². The van der Waals surface area contributed by atoms with Gasteiger partial charge in [-0.05, 0) is 67.6 Å². The molecular weight excluding hydrogens is 408 g/mol. The summed E-state index contributed by atoms with van der Waals surface area (Å²) in [7, 11) is -3.27. The number of para-hydroxylation sites is 1. The van der Waals surface area contributed by atoms with Gasteiger partial charge in [0.1, 0.15) is 0 Å². The van der Waals surface area contributed by atoms with E-state index in [4.69, 9.17) is 0 Å². The number of hydrogen-bond acceptors (Lipinski definition) is 3. The van der Waals surface area contributed by atoms with E-state index in [-0.39, 0.29) is 16.2 Å². The number of nitrogens with zero attached hydrogens (tertiary/aromatic N) is 1. The number of carbonyl (C=O) groups excluding carboxylic acids is 1. The first-order valence-electron chi connectivity index (χ1n) is 10.4. The highest BCUT2D eigenvalue weighted by atomic mass is 32.2. The Morgan fingerprint density at radius 1 is 1.03 bits per heavy atom. The molecular formula is C25H30N2O3S. The largest absolute Gasteiger partial charge is 0.322 e. The number of nitrogens with one attached hydrogen (secondary N) is 1. The zero-order chi connectivity index (χ0) is 23.0. The zero-order valence-corrected chi connectivity index (χ0v) is 19.8. The standard InChI is InChI=1S/C25H30N2O3S/c1-7-25(4,5)22-10-8-9-11-23(22)27-17(2)16-21(18(27)3)24(28)26-19-12-14-20(15-13-19)31(6,29)30/h8-16H,7H2,1-6H3,(H,26,28). The molecule has 0 fully saturated rings. The van der Waals surface area contributed by atoms with Crippen LogP contribution in [0.3, 0.4) is 0 Å². The van der Waals surface area contributed by atoms with Crippen LogP contribution in [-0.2, 0) is 15.3 Å². The summed E-state index contributed by atoms with van der Waals surface area (Å²) >= 11 is 0. The maximum absolute atomic E-state index is 13.0. The predicted molar refractivity (Wildman–Crippen MR) is 126 cm³/mol. The Hall–Kier alpha value is -2.86. The minimum Gasteiger partial charge on any atom is -0.322 e. The maximum atomic E-state index is 13.0. The van der Waals surface area contributed by atoms with Gasteiger partial charge in [-0.15, -0.1) is 0 Å². The zero-order valence-electron chi connectivity index (χ0n) is 19.0. The van der Waals surface area contributed by atoms with Gasteiger partial charge in [-0.2, -0.15) is 0 Å². The molecule has 1 amide bonds. The van der Waals surface area contributed by atoms with E-state index >= 15 is 0 Å². The highest BCUT2D eigenvalue weighted by molar-refractivity contribution is 7.90. The molecule has 0 radical (unpaired) electrons. The number of hydrogen-bond donors (Lipinski definition) is 1. The number of sulfone groups is 1. The topological polar surface area (TPSA) is 68.2 Å². The molecule has 3 aromatic rings. The van der Waals surface area contributed by atoms with Crippen LogP contribution in [0.15, 0.2) is 59.5 Å². The summed E-state index contributed by atoms with van der Waals surface area (Å²) in [6.45, 7) is 10.6. The Morgan fingerprint density at radius 2 is 1.65 bits per heavy atom. The maximum Gasteiger partial charge on any atom is 0.257 e. The van der Waals surface area contributed by atoms with Gasteiger partial charge in [-0.1, -0.05) is 39.0 Å². The molecule has 164 valence electrons. The molecule has 0 saturated heterocycles. The second kappa shape index (κ2) is 8.35. The van der Waals surface area contributed by atoms with E-state index in [1.165, 1.54) is 17.7 Å². The Kier molecular flexibility index (Phi) is 6.14. The molecule has 0 unspecified atom stereocenters. The highest BCUT2D eigenvalue weighted by Gasteiger charge is 2.25. The lowest BCUT2D eigenvalue weighted by Gasteiger charge is -2.27. The van der Waals surface area contributed by atoms with E-state index in [0.29, 0.717) is 11.3 Å². The van der Waals surface area contributed by atoms with Crippen molar-refractivity contribution in [2.45, 2.75) is 51.3 Å². The summed E-state index contributed by atoms with van der Waals surface area (Å²) in [5.74, 6) is -0.223. The van der Waals surface area contributed by atoms with Crippen LogP contribution in [0, 0.1) is 13.8 Å². The molecule has 0 aliphatic heterocycles. The predicted octanol–water partition coefficient (Wildman–Crippen LogP) is 5.44. The molecule has 2 aromatic carbocycles. The second-order valence-electron chi connectivity index (χ2n) is 8.63. The summed E-state index contributed by atoms with van der Waals surface area (Å²) in [6.07, 6.45) is 2.16. The van der Waals surface area contributed by atoms with Gasteiger partial charge in [0.25, 0.3) is 5.91 Å². The van der Waals surface area contributed by atoms with Crippen molar-refractivity contribution in [3.05, 3.63) is 77.1 Å². The van der Waals surface area contributed by atoms with E-state index in [1.54, 1.807) is 12.1 Å². The average Bonchev–Trinajstić information content (AvgIpc) is 3.01. The quantitative estimate of drug-likeness (QED) is 0.557. The van der Waals surface area contributed by atoms with Crippen LogP contribution >= 0.6 is 0 Å². The fraction of sp³-hybridized carbons (Fsp3) is 0.320. The summed E-state index contributed by atoms with van der Waals surface area (Å²) in [5.41, 5.74) is 5.31. The van der Waals surface area contributed by atoms with Crippen molar-refractivity contribution in [3.63, 3.8) is 0 Å². The highest BCUT2D eigenvalue weighted by Crippen LogP contribution is 2.34. The van der Waals surface area contributed by atoms with Crippen LogP contribution in [-0.4, -0.2) is 25.1 Å². The number of rotatable bonds is 6. The van der Waals surface area contributed by atoms with Crippen molar-refractivity contribution in [2.75, 3.05) is 11.6 Å². The lowest BCUT2D eigenvalue weighted by Crippen LogP contribution is -2.19. The Labute approximate surface area is 185 Å². The summed E-state index contributed by atoms with van der Waals surface area (Å²) in [4.78, 5) is 13.2. The van der Waals surface area contributed by atoms with Crippen LogP contribution in [0.25, 0.3) is 5.69 Å². The van der Waals surface area contributed by atoms with Crippen molar-refractivity contribution in [2.24, 2.45) is 0 Å². The summed E-state index contributed by atoms with van der Waals surface area (Å²) in [6, 6.07) is 16.4. The minimum absolute atomic E-state index is 0.00350.